The van der Waals surface area contributed by atoms with Gasteiger partial charge in [-0.2, -0.15) is 5.26 Å². The maximum atomic E-state index is 10.8. The van der Waals surface area contributed by atoms with Crippen LogP contribution in [0.2, 0.25) is 0 Å². The minimum atomic E-state index is -0.595. The second kappa shape index (κ2) is 4.06. The van der Waals surface area contributed by atoms with Gasteiger partial charge in [-0.25, -0.2) is 0 Å². The van der Waals surface area contributed by atoms with Gasteiger partial charge in [0.15, 0.2) is 0 Å². The van der Waals surface area contributed by atoms with Gasteiger partial charge in [0.25, 0.3) is 5.91 Å². The summed E-state index contributed by atoms with van der Waals surface area (Å²) in [5, 5.41) is 8.69. The summed E-state index contributed by atoms with van der Waals surface area (Å²) >= 11 is 0. The van der Waals surface area contributed by atoms with Crippen LogP contribution in [0.25, 0.3) is 0 Å². The minimum Gasteiger partial charge on any atom is -0.365 e. The lowest BCUT2D eigenvalue weighted by Gasteiger charge is -2.24. The Morgan fingerprint density at radius 1 is 1.54 bits per heavy atom. The Labute approximate surface area is 77.6 Å². The molecule has 0 aromatic rings. The van der Waals surface area contributed by atoms with E-state index in [-0.39, 0.29) is 5.57 Å². The number of nitriles is 1. The van der Waals surface area contributed by atoms with Crippen LogP contribution in [0.1, 0.15) is 12.8 Å². The predicted octanol–water partition coefficient (Wildman–Crippen LogP) is 0.0175. The second-order valence-electron chi connectivity index (χ2n) is 3.26. The maximum Gasteiger partial charge on any atom is 0.259 e. The van der Waals surface area contributed by atoms with Gasteiger partial charge in [-0.3, -0.25) is 4.79 Å². The Hall–Kier alpha value is -1.34. The van der Waals surface area contributed by atoms with Crippen molar-refractivity contribution in [3.05, 3.63) is 11.1 Å². The number of amides is 1. The number of piperidine rings is 1. The van der Waals surface area contributed by atoms with Crippen molar-refractivity contribution in [3.63, 3.8) is 0 Å². The fraction of sp³-hybridized carbons (Fsp3) is 0.556. The first-order valence-corrected chi connectivity index (χ1v) is 4.25. The van der Waals surface area contributed by atoms with Crippen molar-refractivity contribution in [2.75, 3.05) is 20.1 Å². The Morgan fingerprint density at radius 2 is 2.08 bits per heavy atom. The fourth-order valence-electron chi connectivity index (χ4n) is 1.45. The molecule has 0 aromatic heterocycles. The van der Waals surface area contributed by atoms with E-state index in [1.165, 1.54) is 0 Å². The summed E-state index contributed by atoms with van der Waals surface area (Å²) in [5.74, 6) is -0.595. The predicted molar refractivity (Wildman–Crippen MR) is 48.6 cm³/mol. The van der Waals surface area contributed by atoms with E-state index in [2.05, 4.69) is 4.90 Å². The van der Waals surface area contributed by atoms with Crippen LogP contribution < -0.4 is 5.73 Å². The summed E-state index contributed by atoms with van der Waals surface area (Å²) < 4.78 is 0. The van der Waals surface area contributed by atoms with Gasteiger partial charge in [0.2, 0.25) is 0 Å². The number of carbonyl (C=O) groups is 1. The zero-order valence-corrected chi connectivity index (χ0v) is 7.71. The van der Waals surface area contributed by atoms with Gasteiger partial charge >= 0.3 is 0 Å². The molecule has 70 valence electrons. The molecule has 1 heterocycles. The van der Waals surface area contributed by atoms with Crippen molar-refractivity contribution in [3.8, 4) is 6.07 Å². The van der Waals surface area contributed by atoms with Crippen molar-refractivity contribution in [2.24, 2.45) is 5.73 Å². The monoisotopic (exact) mass is 179 g/mol. The van der Waals surface area contributed by atoms with E-state index in [0.717, 1.165) is 31.5 Å². The number of primary amides is 1. The molecule has 4 nitrogen and oxygen atoms in total. The van der Waals surface area contributed by atoms with E-state index in [0.29, 0.717) is 0 Å². The fourth-order valence-corrected chi connectivity index (χ4v) is 1.45. The van der Waals surface area contributed by atoms with E-state index < -0.39 is 5.91 Å². The molecule has 1 fully saturated rings. The molecule has 0 bridgehead atoms. The van der Waals surface area contributed by atoms with Crippen molar-refractivity contribution >= 4 is 5.91 Å². The first-order valence-electron chi connectivity index (χ1n) is 4.25. The van der Waals surface area contributed by atoms with Crippen LogP contribution in [0, 0.1) is 11.3 Å². The maximum absolute atomic E-state index is 10.8. The smallest absolute Gasteiger partial charge is 0.259 e. The van der Waals surface area contributed by atoms with Crippen molar-refractivity contribution in [1.82, 2.24) is 4.90 Å². The second-order valence-corrected chi connectivity index (χ2v) is 3.26. The zero-order chi connectivity index (χ0) is 9.84. The van der Waals surface area contributed by atoms with Crippen LogP contribution in [0.15, 0.2) is 11.1 Å². The molecule has 1 aliphatic heterocycles. The van der Waals surface area contributed by atoms with Crippen LogP contribution in [0.4, 0.5) is 0 Å². The normalized spacial score (nSPS) is 18.0. The van der Waals surface area contributed by atoms with Gasteiger partial charge in [-0.1, -0.05) is 0 Å². The number of nitrogens with zero attached hydrogens (tertiary/aromatic N) is 2. The molecule has 0 aliphatic carbocycles. The van der Waals surface area contributed by atoms with Crippen LogP contribution in [-0.2, 0) is 4.79 Å². The molecule has 0 radical (unpaired) electrons. The molecule has 0 atom stereocenters. The van der Waals surface area contributed by atoms with Crippen LogP contribution >= 0.6 is 0 Å². The molecular weight excluding hydrogens is 166 g/mol. The van der Waals surface area contributed by atoms with E-state index in [1.807, 2.05) is 13.1 Å². The molecule has 0 saturated carbocycles. The molecule has 0 aromatic carbocycles. The molecule has 1 rings (SSSR count). The third-order valence-electron chi connectivity index (χ3n) is 2.30. The van der Waals surface area contributed by atoms with Gasteiger partial charge in [0, 0.05) is 13.1 Å². The summed E-state index contributed by atoms with van der Waals surface area (Å²) in [6.45, 7) is 1.79. The lowest BCUT2D eigenvalue weighted by atomic mass is 9.98. The van der Waals surface area contributed by atoms with Gasteiger partial charge < -0.3 is 10.6 Å². The largest absolute Gasteiger partial charge is 0.365 e. The van der Waals surface area contributed by atoms with Gasteiger partial charge in [-0.15, -0.1) is 0 Å². The summed E-state index contributed by atoms with van der Waals surface area (Å²) in [4.78, 5) is 13.0. The van der Waals surface area contributed by atoms with Crippen molar-refractivity contribution in [2.45, 2.75) is 12.8 Å². The highest BCUT2D eigenvalue weighted by atomic mass is 16.1. The number of nitrogens with two attached hydrogens (primary N) is 1. The highest BCUT2D eigenvalue weighted by molar-refractivity contribution is 5.96. The number of likely N-dealkylation sites (tertiary alicyclic amines) is 1. The van der Waals surface area contributed by atoms with Crippen molar-refractivity contribution in [1.29, 1.82) is 5.26 Å². The molecule has 1 aliphatic rings. The van der Waals surface area contributed by atoms with E-state index in [4.69, 9.17) is 11.0 Å². The van der Waals surface area contributed by atoms with Gasteiger partial charge in [0.05, 0.1) is 0 Å². The topological polar surface area (TPSA) is 70.1 Å². The lowest BCUT2D eigenvalue weighted by molar-refractivity contribution is -0.114. The summed E-state index contributed by atoms with van der Waals surface area (Å²) in [7, 11) is 2.02. The highest BCUT2D eigenvalue weighted by Crippen LogP contribution is 2.18. The first-order chi connectivity index (χ1) is 6.15. The molecule has 1 amide bonds. The van der Waals surface area contributed by atoms with Gasteiger partial charge in [-0.05, 0) is 25.5 Å². The summed E-state index contributed by atoms with van der Waals surface area (Å²) in [6, 6.07) is 1.87. The number of hydrogen-bond acceptors (Lipinski definition) is 3. The molecule has 4 heteroatoms. The SMILES string of the molecule is CN1CCC(=C(C#N)C(N)=O)CC1. The summed E-state index contributed by atoms with van der Waals surface area (Å²) in [6.07, 6.45) is 1.56. The average molecular weight is 179 g/mol. The Balaban J connectivity index is 2.80. The van der Waals surface area contributed by atoms with Crippen LogP contribution in [0.5, 0.6) is 0 Å². The van der Waals surface area contributed by atoms with Crippen molar-refractivity contribution < 1.29 is 4.79 Å². The molecule has 13 heavy (non-hydrogen) atoms. The molecular formula is C9H13N3O. The minimum absolute atomic E-state index is 0.160. The number of hydrogen-bond donors (Lipinski definition) is 1. The van der Waals surface area contributed by atoms with Crippen LogP contribution in [-0.4, -0.2) is 30.9 Å². The quantitative estimate of drug-likeness (QED) is 0.455. The molecule has 0 unspecified atom stereocenters. The van der Waals surface area contributed by atoms with Crippen LogP contribution in [0.3, 0.4) is 0 Å². The highest BCUT2D eigenvalue weighted by Gasteiger charge is 2.16. The molecule has 1 saturated heterocycles. The summed E-state index contributed by atoms with van der Waals surface area (Å²) in [5.41, 5.74) is 6.15. The third kappa shape index (κ3) is 2.30. The van der Waals surface area contributed by atoms with E-state index >= 15 is 0 Å². The average Bonchev–Trinajstić information content (AvgIpc) is 2.09. The first kappa shape index (κ1) is 9.75. The van der Waals surface area contributed by atoms with E-state index in [1.54, 1.807) is 0 Å². The standard InChI is InChI=1S/C9H13N3O/c1-12-4-2-7(3-5-12)8(6-10)9(11)13/h2-5H2,1H3,(H2,11,13). The van der Waals surface area contributed by atoms with E-state index in [9.17, 15) is 4.79 Å². The molecule has 0 spiro atoms. The Bertz CT molecular complexity index is 278. The third-order valence-corrected chi connectivity index (χ3v) is 2.30. The zero-order valence-electron chi connectivity index (χ0n) is 7.71. The number of carbonyl (C=O) groups excluding carboxylic acids is 1. The Morgan fingerprint density at radius 3 is 2.46 bits per heavy atom. The van der Waals surface area contributed by atoms with Gasteiger partial charge in [0.1, 0.15) is 11.6 Å². The Kier molecular flexibility index (Phi) is 3.04. The molecule has 2 N–H and O–H groups in total. The lowest BCUT2D eigenvalue weighted by Crippen LogP contribution is -2.28. The number of rotatable bonds is 1.